The monoisotopic (exact) mass is 245 g/mol. The van der Waals surface area contributed by atoms with E-state index >= 15 is 0 Å². The van der Waals surface area contributed by atoms with Gasteiger partial charge in [0.05, 0.1) is 0 Å². The summed E-state index contributed by atoms with van der Waals surface area (Å²) >= 11 is 5.80. The van der Waals surface area contributed by atoms with Crippen LogP contribution in [0.25, 0.3) is 0 Å². The molecular formula is C9H8ClNSe. The number of alkyl halides is 1. The van der Waals surface area contributed by atoms with E-state index in [1.807, 2.05) is 30.3 Å². The molecule has 0 radical (unpaired) electrons. The van der Waals surface area contributed by atoms with Crippen molar-refractivity contribution < 1.29 is 0 Å². The SMILES string of the molecule is N#CC(CCl)[Se]c1ccccc1. The van der Waals surface area contributed by atoms with Gasteiger partial charge in [-0.1, -0.05) is 0 Å². The van der Waals surface area contributed by atoms with Crippen LogP contribution >= 0.6 is 11.6 Å². The molecule has 0 N–H and O–H groups in total. The zero-order valence-electron chi connectivity index (χ0n) is 6.40. The Morgan fingerprint density at radius 2 is 2.08 bits per heavy atom. The van der Waals surface area contributed by atoms with Crippen LogP contribution in [0.2, 0.25) is 4.82 Å². The van der Waals surface area contributed by atoms with E-state index in [4.69, 9.17) is 16.9 Å². The molecule has 0 aliphatic rings. The van der Waals surface area contributed by atoms with Gasteiger partial charge in [0, 0.05) is 0 Å². The molecule has 0 saturated heterocycles. The van der Waals surface area contributed by atoms with Gasteiger partial charge in [0.2, 0.25) is 0 Å². The standard InChI is InChI=1S/C9H8ClNSe/c10-6-9(7-11)12-8-4-2-1-3-5-8/h1-5,9H,6H2. The Hall–Kier alpha value is -0.481. The minimum atomic E-state index is 0.00145. The molecular weight excluding hydrogens is 237 g/mol. The van der Waals surface area contributed by atoms with E-state index in [1.54, 1.807) is 0 Å². The van der Waals surface area contributed by atoms with E-state index in [-0.39, 0.29) is 19.8 Å². The van der Waals surface area contributed by atoms with Crippen LogP contribution in [0.3, 0.4) is 0 Å². The molecule has 0 spiro atoms. The first kappa shape index (κ1) is 9.61. The first-order valence-electron chi connectivity index (χ1n) is 3.54. The second-order valence-electron chi connectivity index (χ2n) is 2.20. The Morgan fingerprint density at radius 3 is 2.58 bits per heavy atom. The number of benzene rings is 1. The van der Waals surface area contributed by atoms with Crippen molar-refractivity contribution in [3.05, 3.63) is 30.3 Å². The summed E-state index contributed by atoms with van der Waals surface area (Å²) in [7, 11) is 0. The quantitative estimate of drug-likeness (QED) is 0.585. The molecule has 0 saturated carbocycles. The van der Waals surface area contributed by atoms with Gasteiger partial charge in [-0.05, 0) is 0 Å². The summed E-state index contributed by atoms with van der Waals surface area (Å²) in [6.07, 6.45) is 0. The Bertz CT molecular complexity index is 268. The summed E-state index contributed by atoms with van der Waals surface area (Å²) in [6.45, 7) is 0. The van der Waals surface area contributed by atoms with Crippen molar-refractivity contribution in [2.45, 2.75) is 4.82 Å². The number of hydrogen-bond donors (Lipinski definition) is 0. The Morgan fingerprint density at radius 1 is 1.42 bits per heavy atom. The van der Waals surface area contributed by atoms with Crippen LogP contribution in [-0.4, -0.2) is 20.8 Å². The molecule has 1 atom stereocenters. The fourth-order valence-electron chi connectivity index (χ4n) is 0.756. The first-order chi connectivity index (χ1) is 5.86. The third-order valence-electron chi connectivity index (χ3n) is 1.31. The predicted molar refractivity (Wildman–Crippen MR) is 51.9 cm³/mol. The number of nitrogens with zero attached hydrogens (tertiary/aromatic N) is 1. The summed E-state index contributed by atoms with van der Waals surface area (Å²) in [5.41, 5.74) is 0. The van der Waals surface area contributed by atoms with Gasteiger partial charge >= 0.3 is 83.4 Å². The van der Waals surface area contributed by atoms with Crippen LogP contribution in [0.4, 0.5) is 0 Å². The van der Waals surface area contributed by atoms with Crippen molar-refractivity contribution in [2.24, 2.45) is 0 Å². The summed E-state index contributed by atoms with van der Waals surface area (Å²) < 4.78 is 1.23. The predicted octanol–water partition coefficient (Wildman–Crippen LogP) is 1.57. The van der Waals surface area contributed by atoms with Gasteiger partial charge in [-0.25, -0.2) is 0 Å². The number of nitriles is 1. The third kappa shape index (κ3) is 2.87. The fourth-order valence-corrected chi connectivity index (χ4v) is 2.74. The van der Waals surface area contributed by atoms with Crippen LogP contribution in [0.1, 0.15) is 0 Å². The first-order valence-corrected chi connectivity index (χ1v) is 5.92. The van der Waals surface area contributed by atoms with E-state index in [1.165, 1.54) is 4.46 Å². The molecule has 0 aliphatic heterocycles. The van der Waals surface area contributed by atoms with E-state index in [9.17, 15) is 0 Å². The molecule has 1 aromatic rings. The van der Waals surface area contributed by atoms with Gasteiger partial charge in [-0.3, -0.25) is 0 Å². The molecule has 0 aliphatic carbocycles. The van der Waals surface area contributed by atoms with Gasteiger partial charge in [-0.15, -0.1) is 0 Å². The van der Waals surface area contributed by atoms with Crippen molar-refractivity contribution >= 4 is 31.0 Å². The minimum absolute atomic E-state index is 0.00145. The molecule has 1 aromatic carbocycles. The van der Waals surface area contributed by atoms with Crippen LogP contribution in [0.5, 0.6) is 0 Å². The maximum atomic E-state index is 8.67. The van der Waals surface area contributed by atoms with Crippen LogP contribution in [-0.2, 0) is 0 Å². The van der Waals surface area contributed by atoms with Crippen molar-refractivity contribution in [1.82, 2.24) is 0 Å². The van der Waals surface area contributed by atoms with Crippen molar-refractivity contribution in [3.8, 4) is 6.07 Å². The van der Waals surface area contributed by atoms with E-state index in [0.717, 1.165) is 0 Å². The van der Waals surface area contributed by atoms with Crippen molar-refractivity contribution in [3.63, 3.8) is 0 Å². The molecule has 0 heterocycles. The molecule has 62 valence electrons. The van der Waals surface area contributed by atoms with Crippen LogP contribution < -0.4 is 4.46 Å². The van der Waals surface area contributed by atoms with Crippen molar-refractivity contribution in [2.75, 3.05) is 5.88 Å². The molecule has 0 amide bonds. The molecule has 0 fully saturated rings. The second-order valence-corrected chi connectivity index (χ2v) is 5.19. The van der Waals surface area contributed by atoms with Gasteiger partial charge in [0.1, 0.15) is 0 Å². The topological polar surface area (TPSA) is 23.8 Å². The third-order valence-corrected chi connectivity index (χ3v) is 4.34. The zero-order valence-corrected chi connectivity index (χ0v) is 8.87. The van der Waals surface area contributed by atoms with Crippen molar-refractivity contribution in [1.29, 1.82) is 5.26 Å². The fraction of sp³-hybridized carbons (Fsp3) is 0.222. The molecule has 0 aromatic heterocycles. The summed E-state index contributed by atoms with van der Waals surface area (Å²) in [6, 6.07) is 12.2. The normalized spacial score (nSPS) is 12.0. The van der Waals surface area contributed by atoms with Gasteiger partial charge in [-0.2, -0.15) is 0 Å². The number of hydrogen-bond acceptors (Lipinski definition) is 1. The number of rotatable bonds is 3. The van der Waals surface area contributed by atoms with E-state index in [0.29, 0.717) is 5.88 Å². The Balaban J connectivity index is 2.58. The van der Waals surface area contributed by atoms with Crippen LogP contribution in [0.15, 0.2) is 30.3 Å². The maximum absolute atomic E-state index is 8.67. The van der Waals surface area contributed by atoms with E-state index < -0.39 is 0 Å². The molecule has 1 nitrogen and oxygen atoms in total. The van der Waals surface area contributed by atoms with Gasteiger partial charge < -0.3 is 0 Å². The average molecular weight is 245 g/mol. The summed E-state index contributed by atoms with van der Waals surface area (Å²) in [5, 5.41) is 8.67. The summed E-state index contributed by atoms with van der Waals surface area (Å²) in [4.78, 5) is 0.00145. The van der Waals surface area contributed by atoms with Gasteiger partial charge in [0.15, 0.2) is 0 Å². The Kier molecular flexibility index (Phi) is 4.18. The van der Waals surface area contributed by atoms with E-state index in [2.05, 4.69) is 6.07 Å². The molecule has 12 heavy (non-hydrogen) atoms. The Labute approximate surface area is 83.5 Å². The van der Waals surface area contributed by atoms with Gasteiger partial charge in [0.25, 0.3) is 0 Å². The molecule has 1 rings (SSSR count). The zero-order chi connectivity index (χ0) is 8.81. The molecule has 1 unspecified atom stereocenters. The summed E-state index contributed by atoms with van der Waals surface area (Å²) in [5.74, 6) is 0.436. The second kappa shape index (κ2) is 5.22. The molecule has 3 heteroatoms. The number of halogens is 1. The van der Waals surface area contributed by atoms with Crippen LogP contribution in [0, 0.1) is 11.3 Å². The average Bonchev–Trinajstić information content (AvgIpc) is 2.16. The molecule has 0 bridgehead atoms.